The highest BCUT2D eigenvalue weighted by atomic mass is 16.5. The van der Waals surface area contributed by atoms with Gasteiger partial charge in [-0.05, 0) is 55.0 Å². The summed E-state index contributed by atoms with van der Waals surface area (Å²) < 4.78 is 21.6. The van der Waals surface area contributed by atoms with Gasteiger partial charge in [-0.25, -0.2) is 4.79 Å². The molecule has 0 fully saturated rings. The Bertz CT molecular complexity index is 1330. The summed E-state index contributed by atoms with van der Waals surface area (Å²) in [5.41, 5.74) is 2.11. The van der Waals surface area contributed by atoms with E-state index in [0.29, 0.717) is 39.9 Å². The molecule has 7 nitrogen and oxygen atoms in total. The quantitative estimate of drug-likeness (QED) is 0.341. The predicted molar refractivity (Wildman–Crippen MR) is 133 cm³/mol. The molecule has 0 saturated heterocycles. The molecule has 0 saturated carbocycles. The van der Waals surface area contributed by atoms with Crippen LogP contribution in [0.15, 0.2) is 89.6 Å². The van der Waals surface area contributed by atoms with Crippen LogP contribution >= 0.6 is 0 Å². The number of ether oxygens (including phenoxy) is 4. The number of nitrogens with zero attached hydrogens (tertiary/aromatic N) is 1. The highest BCUT2D eigenvalue weighted by Gasteiger charge is 2.38. The van der Waals surface area contributed by atoms with Gasteiger partial charge in [0.05, 0.1) is 38.2 Å². The van der Waals surface area contributed by atoms with Gasteiger partial charge in [0.25, 0.3) is 5.91 Å². The van der Waals surface area contributed by atoms with E-state index in [1.807, 2.05) is 48.5 Å². The van der Waals surface area contributed by atoms with Crippen LogP contribution in [0.2, 0.25) is 0 Å². The molecule has 0 atom stereocenters. The lowest BCUT2D eigenvalue weighted by atomic mass is 10.0. The number of esters is 1. The van der Waals surface area contributed by atoms with E-state index >= 15 is 0 Å². The molecule has 1 heterocycles. The minimum absolute atomic E-state index is 0.196. The molecule has 1 aliphatic rings. The maximum atomic E-state index is 13.6. The molecule has 0 aromatic heterocycles. The van der Waals surface area contributed by atoms with Crippen LogP contribution in [-0.4, -0.2) is 33.2 Å². The molecule has 0 aliphatic carbocycles. The Labute approximate surface area is 203 Å². The van der Waals surface area contributed by atoms with Crippen LogP contribution < -0.4 is 19.1 Å². The average Bonchev–Trinajstić information content (AvgIpc) is 3.12. The van der Waals surface area contributed by atoms with Crippen molar-refractivity contribution in [3.63, 3.8) is 0 Å². The number of amides is 1. The van der Waals surface area contributed by atoms with E-state index in [1.54, 1.807) is 37.3 Å². The molecular formula is C28H25NO6. The van der Waals surface area contributed by atoms with Crippen molar-refractivity contribution >= 4 is 23.6 Å². The fourth-order valence-electron chi connectivity index (χ4n) is 3.91. The molecule has 1 amide bonds. The highest BCUT2D eigenvalue weighted by molar-refractivity contribution is 6.23. The molecule has 0 unspecified atom stereocenters. The number of methoxy groups -OCH3 is 3. The maximum Gasteiger partial charge on any atom is 0.340 e. The molecule has 178 valence electrons. The van der Waals surface area contributed by atoms with Crippen molar-refractivity contribution in [1.29, 1.82) is 0 Å². The Kier molecular flexibility index (Phi) is 6.87. The Balaban J connectivity index is 1.74. The molecule has 0 N–H and O–H groups in total. The summed E-state index contributed by atoms with van der Waals surface area (Å²) in [6.07, 6.45) is 1.66. The van der Waals surface area contributed by atoms with E-state index in [4.69, 9.17) is 18.9 Å². The number of carbonyl (C=O) groups excluding carboxylic acids is 2. The number of hydrogen-bond donors (Lipinski definition) is 0. The standard InChI is InChI=1S/C28H25NO6/c1-18-26(28(31)34-4)23(27(30)29(18)20-13-14-24(32-2)25(17-20)33-3)16-19-9-8-12-22(15-19)35-21-10-6-5-7-11-21/h5-17H,1-4H3. The molecule has 1 aliphatic heterocycles. The van der Waals surface area contributed by atoms with E-state index in [0.717, 1.165) is 0 Å². The van der Waals surface area contributed by atoms with Crippen LogP contribution in [0.3, 0.4) is 0 Å². The Hall–Kier alpha value is -4.52. The highest BCUT2D eigenvalue weighted by Crippen LogP contribution is 2.39. The smallest absolute Gasteiger partial charge is 0.340 e. The first kappa shape index (κ1) is 23.6. The van der Waals surface area contributed by atoms with E-state index in [9.17, 15) is 9.59 Å². The van der Waals surface area contributed by atoms with Crippen molar-refractivity contribution in [3.8, 4) is 23.0 Å². The lowest BCUT2D eigenvalue weighted by molar-refractivity contribution is -0.136. The predicted octanol–water partition coefficient (Wildman–Crippen LogP) is 5.37. The zero-order valence-corrected chi connectivity index (χ0v) is 19.9. The number of carbonyl (C=O) groups is 2. The summed E-state index contributed by atoms with van der Waals surface area (Å²) in [5.74, 6) is 1.34. The van der Waals surface area contributed by atoms with E-state index in [2.05, 4.69) is 0 Å². The Morgan fingerprint density at radius 3 is 2.23 bits per heavy atom. The first-order valence-corrected chi connectivity index (χ1v) is 10.9. The number of para-hydroxylation sites is 1. The first-order valence-electron chi connectivity index (χ1n) is 10.9. The van der Waals surface area contributed by atoms with Gasteiger partial charge in [0.2, 0.25) is 0 Å². The summed E-state index contributed by atoms with van der Waals surface area (Å²) in [6, 6.07) is 21.8. The van der Waals surface area contributed by atoms with Gasteiger partial charge in [-0.3, -0.25) is 9.69 Å². The molecule has 3 aromatic rings. The molecule has 35 heavy (non-hydrogen) atoms. The second-order valence-electron chi connectivity index (χ2n) is 7.68. The summed E-state index contributed by atoms with van der Waals surface area (Å²) in [6.45, 7) is 1.70. The van der Waals surface area contributed by atoms with Crippen molar-refractivity contribution in [3.05, 3.63) is 95.2 Å². The fourth-order valence-corrected chi connectivity index (χ4v) is 3.91. The number of allylic oxidation sites excluding steroid dienone is 1. The molecule has 0 spiro atoms. The molecular weight excluding hydrogens is 446 g/mol. The van der Waals surface area contributed by atoms with Gasteiger partial charge in [-0.1, -0.05) is 30.3 Å². The van der Waals surface area contributed by atoms with Gasteiger partial charge in [-0.15, -0.1) is 0 Å². The van der Waals surface area contributed by atoms with Crippen LogP contribution in [0.1, 0.15) is 12.5 Å². The van der Waals surface area contributed by atoms with Crippen LogP contribution in [0.25, 0.3) is 6.08 Å². The summed E-state index contributed by atoms with van der Waals surface area (Å²) >= 11 is 0. The van der Waals surface area contributed by atoms with Gasteiger partial charge in [0.1, 0.15) is 11.5 Å². The third-order valence-electron chi connectivity index (χ3n) is 5.56. The Morgan fingerprint density at radius 1 is 0.829 bits per heavy atom. The fraction of sp³-hybridized carbons (Fsp3) is 0.143. The van der Waals surface area contributed by atoms with Crippen LogP contribution in [-0.2, 0) is 14.3 Å². The van der Waals surface area contributed by atoms with E-state index in [-0.39, 0.29) is 17.1 Å². The van der Waals surface area contributed by atoms with Crippen LogP contribution in [0.4, 0.5) is 5.69 Å². The zero-order chi connectivity index (χ0) is 24.9. The number of rotatable bonds is 7. The Morgan fingerprint density at radius 2 is 1.54 bits per heavy atom. The van der Waals surface area contributed by atoms with E-state index in [1.165, 1.54) is 26.2 Å². The molecule has 3 aromatic carbocycles. The number of hydrogen-bond acceptors (Lipinski definition) is 6. The summed E-state index contributed by atoms with van der Waals surface area (Å²) in [4.78, 5) is 27.8. The van der Waals surface area contributed by atoms with Crippen LogP contribution in [0, 0.1) is 0 Å². The molecule has 0 bridgehead atoms. The van der Waals surface area contributed by atoms with Gasteiger partial charge in [-0.2, -0.15) is 0 Å². The SMILES string of the molecule is COC(=O)C1=C(C)N(c2ccc(OC)c(OC)c2)C(=O)C1=Cc1cccc(Oc2ccccc2)c1. The average molecular weight is 472 g/mol. The summed E-state index contributed by atoms with van der Waals surface area (Å²) in [5, 5.41) is 0. The largest absolute Gasteiger partial charge is 0.493 e. The minimum atomic E-state index is -0.596. The zero-order valence-electron chi connectivity index (χ0n) is 19.9. The van der Waals surface area contributed by atoms with Gasteiger partial charge in [0, 0.05) is 11.8 Å². The third-order valence-corrected chi connectivity index (χ3v) is 5.56. The molecule has 7 heteroatoms. The molecule has 4 rings (SSSR count). The van der Waals surface area contributed by atoms with Gasteiger partial charge >= 0.3 is 5.97 Å². The second-order valence-corrected chi connectivity index (χ2v) is 7.68. The van der Waals surface area contributed by atoms with E-state index < -0.39 is 5.97 Å². The van der Waals surface area contributed by atoms with Crippen molar-refractivity contribution in [2.75, 3.05) is 26.2 Å². The molecule has 0 radical (unpaired) electrons. The second kappa shape index (κ2) is 10.2. The third kappa shape index (κ3) is 4.75. The van der Waals surface area contributed by atoms with Crippen molar-refractivity contribution in [2.45, 2.75) is 6.92 Å². The minimum Gasteiger partial charge on any atom is -0.493 e. The maximum absolute atomic E-state index is 13.6. The van der Waals surface area contributed by atoms with Crippen molar-refractivity contribution in [1.82, 2.24) is 0 Å². The van der Waals surface area contributed by atoms with Crippen LogP contribution in [0.5, 0.6) is 23.0 Å². The van der Waals surface area contributed by atoms with Crippen molar-refractivity contribution in [2.24, 2.45) is 0 Å². The number of benzene rings is 3. The topological polar surface area (TPSA) is 74.3 Å². The lowest BCUT2D eigenvalue weighted by Crippen LogP contribution is -2.24. The van der Waals surface area contributed by atoms with Gasteiger partial charge in [0.15, 0.2) is 11.5 Å². The van der Waals surface area contributed by atoms with Crippen molar-refractivity contribution < 1.29 is 28.5 Å². The normalized spacial score (nSPS) is 14.3. The number of anilines is 1. The first-order chi connectivity index (χ1) is 17.0. The monoisotopic (exact) mass is 471 g/mol. The lowest BCUT2D eigenvalue weighted by Gasteiger charge is -2.19. The van der Waals surface area contributed by atoms with Gasteiger partial charge < -0.3 is 18.9 Å². The summed E-state index contributed by atoms with van der Waals surface area (Å²) in [7, 11) is 4.35.